The Balaban J connectivity index is 1.52. The second-order valence-electron chi connectivity index (χ2n) is 10.4. The standard InChI is InChI=1S/C29H31N5O2/c1-6-24(35)34-16-29(17-34)11-12-33(15-29)28-19(3)26(22-10-9-21(36-5)13-23(22)31-28)25-18(2)7-8-20-14-30-32(4)27(20)25/h6-10,13-14H,1,11-12,15-17H2,2-5H3. The molecule has 2 saturated heterocycles. The van der Waals surface area contributed by atoms with Gasteiger partial charge in [0.25, 0.3) is 0 Å². The summed E-state index contributed by atoms with van der Waals surface area (Å²) in [5.41, 5.74) is 6.95. The molecule has 0 atom stereocenters. The van der Waals surface area contributed by atoms with E-state index in [2.05, 4.69) is 48.6 Å². The Bertz CT molecular complexity index is 1550. The zero-order valence-corrected chi connectivity index (χ0v) is 21.3. The zero-order valence-electron chi connectivity index (χ0n) is 21.3. The van der Waals surface area contributed by atoms with Gasteiger partial charge < -0.3 is 14.5 Å². The third kappa shape index (κ3) is 3.29. The van der Waals surface area contributed by atoms with Crippen molar-refractivity contribution in [1.29, 1.82) is 0 Å². The van der Waals surface area contributed by atoms with Gasteiger partial charge in [0.15, 0.2) is 0 Å². The number of hydrogen-bond donors (Lipinski definition) is 0. The van der Waals surface area contributed by atoms with E-state index in [-0.39, 0.29) is 11.3 Å². The molecule has 184 valence electrons. The minimum Gasteiger partial charge on any atom is -0.497 e. The van der Waals surface area contributed by atoms with Crippen molar-refractivity contribution in [3.63, 3.8) is 0 Å². The lowest BCUT2D eigenvalue weighted by Gasteiger charge is -2.47. The highest BCUT2D eigenvalue weighted by Crippen LogP contribution is 2.45. The number of carbonyl (C=O) groups is 1. The molecule has 0 bridgehead atoms. The van der Waals surface area contributed by atoms with Crippen LogP contribution in [0.4, 0.5) is 5.82 Å². The number of nitrogens with zero attached hydrogens (tertiary/aromatic N) is 5. The van der Waals surface area contributed by atoms with Gasteiger partial charge in [-0.15, -0.1) is 0 Å². The fourth-order valence-electron chi connectivity index (χ4n) is 6.19. The molecular formula is C29H31N5O2. The summed E-state index contributed by atoms with van der Waals surface area (Å²) in [6, 6.07) is 10.5. The number of ether oxygens (including phenoxy) is 1. The maximum atomic E-state index is 12.1. The highest BCUT2D eigenvalue weighted by atomic mass is 16.5. The van der Waals surface area contributed by atoms with Gasteiger partial charge in [0.2, 0.25) is 5.91 Å². The summed E-state index contributed by atoms with van der Waals surface area (Å²) in [6.45, 7) is 11.4. The lowest BCUT2D eigenvalue weighted by molar-refractivity contribution is -0.136. The molecular weight excluding hydrogens is 450 g/mol. The minimum absolute atomic E-state index is 0.0215. The Labute approximate surface area is 211 Å². The normalized spacial score (nSPS) is 16.7. The van der Waals surface area contributed by atoms with Crippen molar-refractivity contribution in [2.24, 2.45) is 12.5 Å². The number of aryl methyl sites for hydroxylation is 2. The minimum atomic E-state index is 0.0215. The number of hydrogen-bond acceptors (Lipinski definition) is 5. The van der Waals surface area contributed by atoms with Gasteiger partial charge in [0.05, 0.1) is 24.3 Å². The van der Waals surface area contributed by atoms with Crippen LogP contribution in [0.3, 0.4) is 0 Å². The van der Waals surface area contributed by atoms with Crippen LogP contribution in [0, 0.1) is 19.3 Å². The van der Waals surface area contributed by atoms with Gasteiger partial charge in [-0.05, 0) is 44.0 Å². The SMILES string of the molecule is C=CC(=O)N1CC2(CCN(c3nc4cc(OC)ccc4c(-c4c(C)ccc5cnn(C)c45)c3C)C2)C1. The first-order valence-corrected chi connectivity index (χ1v) is 12.4. The summed E-state index contributed by atoms with van der Waals surface area (Å²) in [5.74, 6) is 1.82. The van der Waals surface area contributed by atoms with Crippen molar-refractivity contribution in [3.8, 4) is 16.9 Å². The maximum absolute atomic E-state index is 12.1. The average molecular weight is 482 g/mol. The summed E-state index contributed by atoms with van der Waals surface area (Å²) in [7, 11) is 3.69. The molecule has 0 aliphatic carbocycles. The van der Waals surface area contributed by atoms with Crippen molar-refractivity contribution >= 4 is 33.5 Å². The number of fused-ring (bicyclic) bond motifs is 2. The van der Waals surface area contributed by atoms with E-state index in [9.17, 15) is 4.79 Å². The van der Waals surface area contributed by atoms with Gasteiger partial charge in [-0.25, -0.2) is 4.98 Å². The molecule has 0 radical (unpaired) electrons. The maximum Gasteiger partial charge on any atom is 0.245 e. The Morgan fingerprint density at radius 1 is 1.14 bits per heavy atom. The van der Waals surface area contributed by atoms with Crippen LogP contribution in [0.1, 0.15) is 17.5 Å². The molecule has 2 aromatic carbocycles. The summed E-state index contributed by atoms with van der Waals surface area (Å²) in [4.78, 5) is 21.5. The second-order valence-corrected chi connectivity index (χ2v) is 10.4. The number of aromatic nitrogens is 3. The Kier molecular flexibility index (Phi) is 5.07. The third-order valence-corrected chi connectivity index (χ3v) is 8.05. The number of rotatable bonds is 4. The molecule has 1 spiro atoms. The highest BCUT2D eigenvalue weighted by molar-refractivity contribution is 6.07. The first-order valence-electron chi connectivity index (χ1n) is 12.4. The Morgan fingerprint density at radius 3 is 2.69 bits per heavy atom. The molecule has 0 unspecified atom stereocenters. The molecule has 2 aliphatic rings. The van der Waals surface area contributed by atoms with Gasteiger partial charge >= 0.3 is 0 Å². The van der Waals surface area contributed by atoms with Crippen molar-refractivity contribution in [1.82, 2.24) is 19.7 Å². The lowest BCUT2D eigenvalue weighted by atomic mass is 9.79. The van der Waals surface area contributed by atoms with E-state index in [1.165, 1.54) is 28.3 Å². The van der Waals surface area contributed by atoms with Gasteiger partial charge in [-0.2, -0.15) is 5.10 Å². The van der Waals surface area contributed by atoms with Crippen LogP contribution in [0.2, 0.25) is 0 Å². The Morgan fingerprint density at radius 2 is 1.94 bits per heavy atom. The average Bonchev–Trinajstić information content (AvgIpc) is 3.47. The molecule has 7 heteroatoms. The fraction of sp³-hybridized carbons (Fsp3) is 0.345. The second kappa shape index (κ2) is 8.08. The lowest BCUT2D eigenvalue weighted by Crippen LogP contribution is -2.59. The molecule has 4 heterocycles. The van der Waals surface area contributed by atoms with Gasteiger partial charge in [0, 0.05) is 72.2 Å². The predicted octanol–water partition coefficient (Wildman–Crippen LogP) is 4.64. The first-order chi connectivity index (χ1) is 17.3. The van der Waals surface area contributed by atoms with E-state index in [4.69, 9.17) is 9.72 Å². The van der Waals surface area contributed by atoms with Crippen molar-refractivity contribution in [3.05, 3.63) is 60.3 Å². The molecule has 36 heavy (non-hydrogen) atoms. The molecule has 4 aromatic rings. The van der Waals surface area contributed by atoms with Crippen molar-refractivity contribution < 1.29 is 9.53 Å². The van der Waals surface area contributed by atoms with Crippen LogP contribution >= 0.6 is 0 Å². The first kappa shape index (κ1) is 22.6. The molecule has 6 rings (SSSR count). The molecule has 1 amide bonds. The number of amides is 1. The quantitative estimate of drug-likeness (QED) is 0.398. The number of carbonyl (C=O) groups excluding carboxylic acids is 1. The molecule has 0 N–H and O–H groups in total. The predicted molar refractivity (Wildman–Crippen MR) is 144 cm³/mol. The Hall–Kier alpha value is -3.87. The van der Waals surface area contributed by atoms with Crippen LogP contribution in [0.25, 0.3) is 32.9 Å². The molecule has 2 aliphatic heterocycles. The largest absolute Gasteiger partial charge is 0.497 e. The van der Waals surface area contributed by atoms with Gasteiger partial charge in [-0.1, -0.05) is 18.7 Å². The summed E-state index contributed by atoms with van der Waals surface area (Å²) < 4.78 is 7.52. The fourth-order valence-corrected chi connectivity index (χ4v) is 6.19. The third-order valence-electron chi connectivity index (χ3n) is 8.05. The number of pyridine rings is 1. The van der Waals surface area contributed by atoms with Crippen LogP contribution < -0.4 is 9.64 Å². The molecule has 0 saturated carbocycles. The summed E-state index contributed by atoms with van der Waals surface area (Å²) in [5, 5.41) is 6.79. The topological polar surface area (TPSA) is 63.5 Å². The van der Waals surface area contributed by atoms with Crippen LogP contribution in [-0.2, 0) is 11.8 Å². The van der Waals surface area contributed by atoms with Gasteiger partial charge in [-0.3, -0.25) is 9.48 Å². The van der Waals surface area contributed by atoms with E-state index in [0.29, 0.717) is 0 Å². The van der Waals surface area contributed by atoms with E-state index in [0.717, 1.165) is 66.0 Å². The number of anilines is 1. The van der Waals surface area contributed by atoms with E-state index < -0.39 is 0 Å². The van der Waals surface area contributed by atoms with Gasteiger partial charge in [0.1, 0.15) is 11.6 Å². The number of benzene rings is 2. The van der Waals surface area contributed by atoms with E-state index in [1.54, 1.807) is 7.11 Å². The van der Waals surface area contributed by atoms with E-state index in [1.807, 2.05) is 35.0 Å². The highest BCUT2D eigenvalue weighted by Gasteiger charge is 2.49. The summed E-state index contributed by atoms with van der Waals surface area (Å²) >= 11 is 0. The molecule has 2 fully saturated rings. The molecule has 7 nitrogen and oxygen atoms in total. The summed E-state index contributed by atoms with van der Waals surface area (Å²) in [6.07, 6.45) is 4.39. The number of methoxy groups -OCH3 is 1. The smallest absolute Gasteiger partial charge is 0.245 e. The van der Waals surface area contributed by atoms with Crippen molar-refractivity contribution in [2.45, 2.75) is 20.3 Å². The van der Waals surface area contributed by atoms with Crippen LogP contribution in [-0.4, -0.2) is 58.9 Å². The molecule has 2 aromatic heterocycles. The number of likely N-dealkylation sites (tertiary alicyclic amines) is 1. The van der Waals surface area contributed by atoms with Crippen LogP contribution in [0.5, 0.6) is 5.75 Å². The van der Waals surface area contributed by atoms with Crippen LogP contribution in [0.15, 0.2) is 49.2 Å². The zero-order chi connectivity index (χ0) is 25.2. The van der Waals surface area contributed by atoms with E-state index >= 15 is 0 Å². The monoisotopic (exact) mass is 481 g/mol. The van der Waals surface area contributed by atoms with Crippen molar-refractivity contribution in [2.75, 3.05) is 38.2 Å².